The molecule has 7 nitrogen and oxygen atoms in total. The predicted molar refractivity (Wildman–Crippen MR) is 71.2 cm³/mol. The van der Waals surface area contributed by atoms with Crippen molar-refractivity contribution in [3.05, 3.63) is 24.2 Å². The zero-order valence-corrected chi connectivity index (χ0v) is 11.6. The van der Waals surface area contributed by atoms with Gasteiger partial charge < -0.3 is 14.1 Å². The van der Waals surface area contributed by atoms with E-state index in [2.05, 4.69) is 5.48 Å². The molecule has 7 heteroatoms. The Balaban J connectivity index is 1.58. The first-order valence-corrected chi connectivity index (χ1v) is 7.13. The Labute approximate surface area is 122 Å². The third-order valence-electron chi connectivity index (χ3n) is 3.76. The van der Waals surface area contributed by atoms with E-state index in [1.165, 1.54) is 11.2 Å². The van der Waals surface area contributed by atoms with Crippen molar-refractivity contribution in [2.75, 3.05) is 19.8 Å². The second kappa shape index (κ2) is 6.28. The van der Waals surface area contributed by atoms with Gasteiger partial charge >= 0.3 is 0 Å². The van der Waals surface area contributed by atoms with Crippen LogP contribution >= 0.6 is 0 Å². The smallest absolute Gasteiger partial charge is 0.290 e. The van der Waals surface area contributed by atoms with Crippen LogP contribution < -0.4 is 5.48 Å². The van der Waals surface area contributed by atoms with E-state index in [0.717, 1.165) is 12.8 Å². The Morgan fingerprint density at radius 3 is 3.00 bits per heavy atom. The number of hydrogen-bond donors (Lipinski definition) is 1. The monoisotopic (exact) mass is 294 g/mol. The summed E-state index contributed by atoms with van der Waals surface area (Å²) < 4.78 is 10.3. The van der Waals surface area contributed by atoms with Crippen LogP contribution in [-0.2, 0) is 14.4 Å². The molecule has 0 aliphatic carbocycles. The van der Waals surface area contributed by atoms with E-state index in [1.54, 1.807) is 12.1 Å². The minimum absolute atomic E-state index is 0.107. The van der Waals surface area contributed by atoms with Crippen molar-refractivity contribution >= 4 is 11.8 Å². The molecule has 0 saturated carbocycles. The topological polar surface area (TPSA) is 81.0 Å². The Morgan fingerprint density at radius 2 is 2.29 bits per heavy atom. The fourth-order valence-electron chi connectivity index (χ4n) is 2.64. The van der Waals surface area contributed by atoms with Gasteiger partial charge in [-0.1, -0.05) is 0 Å². The fourth-order valence-corrected chi connectivity index (χ4v) is 2.64. The number of hydrogen-bond acceptors (Lipinski definition) is 5. The maximum Gasteiger partial charge on any atom is 0.290 e. The third kappa shape index (κ3) is 3.08. The van der Waals surface area contributed by atoms with Gasteiger partial charge in [-0.25, -0.2) is 5.48 Å². The van der Waals surface area contributed by atoms with Crippen LogP contribution in [0.5, 0.6) is 0 Å². The number of furan rings is 1. The summed E-state index contributed by atoms with van der Waals surface area (Å²) in [4.78, 5) is 31.3. The van der Waals surface area contributed by atoms with Gasteiger partial charge in [0, 0.05) is 19.6 Å². The number of amides is 2. The number of carbonyl (C=O) groups excluding carboxylic acids is 2. The first-order valence-electron chi connectivity index (χ1n) is 7.13. The van der Waals surface area contributed by atoms with Crippen LogP contribution in [0.1, 0.15) is 29.8 Å². The van der Waals surface area contributed by atoms with Crippen LogP contribution in [0.3, 0.4) is 0 Å². The van der Waals surface area contributed by atoms with E-state index < -0.39 is 6.04 Å². The van der Waals surface area contributed by atoms with Crippen LogP contribution in [0, 0.1) is 0 Å². The number of nitrogens with one attached hydrogen (secondary N) is 1. The molecule has 0 aromatic carbocycles. The second-order valence-electron chi connectivity index (χ2n) is 5.20. The maximum atomic E-state index is 12.3. The molecule has 2 amide bonds. The summed E-state index contributed by atoms with van der Waals surface area (Å²) >= 11 is 0. The van der Waals surface area contributed by atoms with E-state index in [1.807, 2.05) is 0 Å². The number of ether oxygens (including phenoxy) is 1. The molecule has 21 heavy (non-hydrogen) atoms. The molecule has 1 aromatic heterocycles. The summed E-state index contributed by atoms with van der Waals surface area (Å²) in [5, 5.41) is 0. The summed E-state index contributed by atoms with van der Waals surface area (Å²) in [6, 6.07) is 2.74. The highest BCUT2D eigenvalue weighted by molar-refractivity contribution is 5.95. The molecule has 0 bridgehead atoms. The first-order chi connectivity index (χ1) is 10.3. The van der Waals surface area contributed by atoms with Gasteiger partial charge in [0.05, 0.1) is 12.9 Å². The van der Waals surface area contributed by atoms with E-state index in [0.29, 0.717) is 26.2 Å². The highest BCUT2D eigenvalue weighted by Crippen LogP contribution is 2.20. The number of carbonyl (C=O) groups is 2. The van der Waals surface area contributed by atoms with Gasteiger partial charge in [-0.05, 0) is 25.0 Å². The van der Waals surface area contributed by atoms with Crippen molar-refractivity contribution in [3.8, 4) is 0 Å². The Kier molecular flexibility index (Phi) is 4.21. The molecule has 1 aromatic rings. The summed E-state index contributed by atoms with van der Waals surface area (Å²) in [6.07, 6.45) is 3.52. The lowest BCUT2D eigenvalue weighted by Crippen LogP contribution is -2.46. The molecule has 1 N–H and O–H groups in total. The van der Waals surface area contributed by atoms with Crippen LogP contribution in [0.4, 0.5) is 0 Å². The summed E-state index contributed by atoms with van der Waals surface area (Å²) in [5.74, 6) is -0.305. The molecule has 114 valence electrons. The van der Waals surface area contributed by atoms with Gasteiger partial charge in [0.25, 0.3) is 11.8 Å². The Bertz CT molecular complexity index is 495. The average molecular weight is 294 g/mol. The van der Waals surface area contributed by atoms with Gasteiger partial charge in [0.1, 0.15) is 12.1 Å². The third-order valence-corrected chi connectivity index (χ3v) is 3.76. The van der Waals surface area contributed by atoms with Crippen LogP contribution in [0.15, 0.2) is 22.8 Å². The van der Waals surface area contributed by atoms with Gasteiger partial charge in [-0.3, -0.25) is 14.4 Å². The van der Waals surface area contributed by atoms with E-state index >= 15 is 0 Å². The van der Waals surface area contributed by atoms with E-state index in [-0.39, 0.29) is 23.7 Å². The zero-order chi connectivity index (χ0) is 14.7. The highest BCUT2D eigenvalue weighted by atomic mass is 16.7. The number of rotatable bonds is 4. The van der Waals surface area contributed by atoms with Gasteiger partial charge in [-0.2, -0.15) is 0 Å². The molecule has 2 atom stereocenters. The lowest BCUT2D eigenvalue weighted by Gasteiger charge is -2.23. The molecule has 2 fully saturated rings. The molecular weight excluding hydrogens is 276 g/mol. The molecule has 3 rings (SSSR count). The highest BCUT2D eigenvalue weighted by Gasteiger charge is 2.36. The average Bonchev–Trinajstić information content (AvgIpc) is 3.26. The van der Waals surface area contributed by atoms with Crippen molar-refractivity contribution in [2.24, 2.45) is 0 Å². The van der Waals surface area contributed by atoms with Crippen molar-refractivity contribution in [2.45, 2.75) is 31.4 Å². The number of hydroxylamine groups is 1. The molecule has 2 unspecified atom stereocenters. The van der Waals surface area contributed by atoms with Crippen LogP contribution in [0.25, 0.3) is 0 Å². The van der Waals surface area contributed by atoms with Crippen molar-refractivity contribution < 1.29 is 23.6 Å². The molecule has 2 saturated heterocycles. The first kappa shape index (κ1) is 14.1. The lowest BCUT2D eigenvalue weighted by molar-refractivity contribution is -0.142. The normalized spacial score (nSPS) is 25.2. The summed E-state index contributed by atoms with van der Waals surface area (Å²) in [7, 11) is 0. The standard InChI is InChI=1S/C14H18N2O5/c17-13(15-21-10-5-8-19-9-10)11-3-1-6-16(11)14(18)12-4-2-7-20-12/h2,4,7,10-11H,1,3,5-6,8-9H2,(H,15,17). The van der Waals surface area contributed by atoms with Gasteiger partial charge in [0.15, 0.2) is 5.76 Å². The number of likely N-dealkylation sites (tertiary alicyclic amines) is 1. The van der Waals surface area contributed by atoms with Crippen molar-refractivity contribution in [3.63, 3.8) is 0 Å². The fraction of sp³-hybridized carbons (Fsp3) is 0.571. The quantitative estimate of drug-likeness (QED) is 0.828. The van der Waals surface area contributed by atoms with E-state index in [9.17, 15) is 9.59 Å². The summed E-state index contributed by atoms with van der Waals surface area (Å²) in [6.45, 7) is 1.68. The Hall–Kier alpha value is -1.86. The second-order valence-corrected chi connectivity index (χ2v) is 5.20. The molecular formula is C14H18N2O5. The molecule has 2 aliphatic rings. The SMILES string of the molecule is O=C(NOC1CCOC1)C1CCCN1C(=O)c1ccco1. The number of nitrogens with zero attached hydrogens (tertiary/aromatic N) is 1. The van der Waals surface area contributed by atoms with Crippen LogP contribution in [0.2, 0.25) is 0 Å². The molecule has 2 aliphatic heterocycles. The molecule has 3 heterocycles. The molecule has 0 spiro atoms. The Morgan fingerprint density at radius 1 is 1.38 bits per heavy atom. The zero-order valence-electron chi connectivity index (χ0n) is 11.6. The van der Waals surface area contributed by atoms with E-state index in [4.69, 9.17) is 14.0 Å². The predicted octanol–water partition coefficient (Wildman–Crippen LogP) is 0.721. The maximum absolute atomic E-state index is 12.3. The van der Waals surface area contributed by atoms with Gasteiger partial charge in [0.2, 0.25) is 0 Å². The van der Waals surface area contributed by atoms with Crippen molar-refractivity contribution in [1.29, 1.82) is 0 Å². The summed E-state index contributed by atoms with van der Waals surface area (Å²) in [5.41, 5.74) is 2.45. The minimum atomic E-state index is -0.509. The van der Waals surface area contributed by atoms with Crippen molar-refractivity contribution in [1.82, 2.24) is 10.4 Å². The minimum Gasteiger partial charge on any atom is -0.459 e. The largest absolute Gasteiger partial charge is 0.459 e. The van der Waals surface area contributed by atoms with Gasteiger partial charge in [-0.15, -0.1) is 0 Å². The molecule has 0 radical (unpaired) electrons. The lowest BCUT2D eigenvalue weighted by atomic mass is 10.2. The van der Waals surface area contributed by atoms with Crippen LogP contribution in [-0.4, -0.2) is 48.6 Å².